The van der Waals surface area contributed by atoms with Gasteiger partial charge in [-0.3, -0.25) is 9.89 Å². The number of rotatable bonds is 5. The van der Waals surface area contributed by atoms with Gasteiger partial charge in [0.25, 0.3) is 5.91 Å². The highest BCUT2D eigenvalue weighted by molar-refractivity contribution is 5.94. The van der Waals surface area contributed by atoms with Crippen molar-refractivity contribution in [3.8, 4) is 11.5 Å². The number of carbonyl (C=O) groups excluding carboxylic acids is 1. The summed E-state index contributed by atoms with van der Waals surface area (Å²) in [5.41, 5.74) is 5.31. The fourth-order valence-electron chi connectivity index (χ4n) is 2.10. The minimum Gasteiger partial charge on any atom is -0.463 e. The van der Waals surface area contributed by atoms with Crippen LogP contribution >= 0.6 is 0 Å². The summed E-state index contributed by atoms with van der Waals surface area (Å²) in [5, 5.41) is 10.7. The van der Waals surface area contributed by atoms with E-state index in [-0.39, 0.29) is 5.69 Å². The van der Waals surface area contributed by atoms with E-state index in [4.69, 9.17) is 4.42 Å². The van der Waals surface area contributed by atoms with Gasteiger partial charge in [-0.05, 0) is 30.2 Å². The van der Waals surface area contributed by atoms with Crippen LogP contribution in [0.5, 0.6) is 0 Å². The number of hydrogen-bond acceptors (Lipinski definition) is 4. The van der Waals surface area contributed by atoms with Gasteiger partial charge < -0.3 is 4.42 Å². The molecular weight excluding hydrogens is 304 g/mol. The molecule has 1 amide bonds. The molecule has 0 radical (unpaired) electrons. The van der Waals surface area contributed by atoms with Crippen LogP contribution in [0.15, 0.2) is 69.9 Å². The number of hydrazone groups is 1. The van der Waals surface area contributed by atoms with E-state index in [0.29, 0.717) is 11.5 Å². The maximum atomic E-state index is 12.0. The number of hydrogen-bond donors (Lipinski definition) is 2. The quantitative estimate of drug-likeness (QED) is 0.557. The number of aromatic nitrogens is 2. The molecule has 0 atom stereocenters. The van der Waals surface area contributed by atoms with Gasteiger partial charge in [0.1, 0.15) is 5.69 Å². The number of benzene rings is 1. The Bertz CT molecular complexity index is 862. The predicted molar refractivity (Wildman–Crippen MR) is 92.3 cm³/mol. The largest absolute Gasteiger partial charge is 0.463 e. The second kappa shape index (κ2) is 7.23. The van der Waals surface area contributed by atoms with Crippen molar-refractivity contribution in [3.63, 3.8) is 0 Å². The van der Waals surface area contributed by atoms with E-state index in [2.05, 4.69) is 20.7 Å². The topological polar surface area (TPSA) is 83.3 Å². The molecule has 0 fully saturated rings. The summed E-state index contributed by atoms with van der Waals surface area (Å²) in [6.45, 7) is 1.91. The second-order valence-corrected chi connectivity index (χ2v) is 5.14. The van der Waals surface area contributed by atoms with Crippen molar-refractivity contribution in [2.75, 3.05) is 0 Å². The van der Waals surface area contributed by atoms with Crippen LogP contribution in [0.4, 0.5) is 0 Å². The smallest absolute Gasteiger partial charge is 0.291 e. The monoisotopic (exact) mass is 320 g/mol. The third-order valence-electron chi connectivity index (χ3n) is 3.23. The minimum atomic E-state index is -0.396. The Balaban J connectivity index is 1.60. The predicted octanol–water partition coefficient (Wildman–Crippen LogP) is 3.49. The molecule has 3 rings (SSSR count). The fourth-order valence-corrected chi connectivity index (χ4v) is 2.10. The molecule has 0 aliphatic rings. The maximum Gasteiger partial charge on any atom is 0.291 e. The van der Waals surface area contributed by atoms with Gasteiger partial charge in [-0.25, -0.2) is 5.43 Å². The summed E-state index contributed by atoms with van der Waals surface area (Å²) in [7, 11) is 0. The third kappa shape index (κ3) is 3.86. The van der Waals surface area contributed by atoms with E-state index in [1.54, 1.807) is 30.7 Å². The van der Waals surface area contributed by atoms with Gasteiger partial charge >= 0.3 is 0 Å². The van der Waals surface area contributed by atoms with Crippen molar-refractivity contribution < 1.29 is 9.21 Å². The molecule has 2 heterocycles. The summed E-state index contributed by atoms with van der Waals surface area (Å²) < 4.78 is 5.24. The molecule has 0 aliphatic heterocycles. The van der Waals surface area contributed by atoms with E-state index in [0.717, 1.165) is 11.1 Å². The highest BCUT2D eigenvalue weighted by atomic mass is 16.3. The lowest BCUT2D eigenvalue weighted by atomic mass is 10.1. The standard InChI is InChI=1S/C18H16N4O2/c1-13(10-14-6-3-2-4-7-14)12-19-22-18(23)16-11-15(20-21-16)17-8-5-9-24-17/h2-12H,1H3,(H,20,21)(H,22,23). The molecular formula is C18H16N4O2. The highest BCUT2D eigenvalue weighted by Gasteiger charge is 2.11. The molecule has 3 aromatic rings. The summed E-state index contributed by atoms with van der Waals surface area (Å²) in [4.78, 5) is 12.0. The molecule has 2 aromatic heterocycles. The van der Waals surface area contributed by atoms with Gasteiger partial charge in [-0.2, -0.15) is 10.2 Å². The zero-order valence-corrected chi connectivity index (χ0v) is 13.1. The average Bonchev–Trinajstić information content (AvgIpc) is 3.27. The van der Waals surface area contributed by atoms with E-state index in [9.17, 15) is 4.79 Å². The third-order valence-corrected chi connectivity index (χ3v) is 3.23. The van der Waals surface area contributed by atoms with Crippen molar-refractivity contribution in [1.82, 2.24) is 15.6 Å². The van der Waals surface area contributed by atoms with E-state index in [1.807, 2.05) is 43.3 Å². The van der Waals surface area contributed by atoms with E-state index < -0.39 is 5.91 Å². The van der Waals surface area contributed by atoms with Crippen molar-refractivity contribution in [1.29, 1.82) is 0 Å². The number of nitrogens with zero attached hydrogens (tertiary/aromatic N) is 2. The van der Waals surface area contributed by atoms with Crippen LogP contribution in [-0.4, -0.2) is 22.3 Å². The molecule has 0 aliphatic carbocycles. The highest BCUT2D eigenvalue weighted by Crippen LogP contribution is 2.17. The van der Waals surface area contributed by atoms with Crippen LogP contribution < -0.4 is 5.43 Å². The maximum absolute atomic E-state index is 12.0. The lowest BCUT2D eigenvalue weighted by Gasteiger charge is -1.96. The van der Waals surface area contributed by atoms with Gasteiger partial charge in [-0.1, -0.05) is 36.4 Å². The number of carbonyl (C=O) groups is 1. The van der Waals surface area contributed by atoms with E-state index >= 15 is 0 Å². The Morgan fingerprint density at radius 3 is 2.83 bits per heavy atom. The molecule has 0 unspecified atom stereocenters. The van der Waals surface area contributed by atoms with Crippen molar-refractivity contribution in [2.45, 2.75) is 6.92 Å². The Hall–Kier alpha value is -3.41. The molecule has 2 N–H and O–H groups in total. The zero-order chi connectivity index (χ0) is 16.8. The van der Waals surface area contributed by atoms with Gasteiger partial charge in [0.2, 0.25) is 0 Å². The summed E-state index contributed by atoms with van der Waals surface area (Å²) in [6, 6.07) is 15.0. The first-order valence-corrected chi connectivity index (χ1v) is 7.38. The van der Waals surface area contributed by atoms with E-state index in [1.165, 1.54) is 0 Å². The fraction of sp³-hybridized carbons (Fsp3) is 0.0556. The SMILES string of the molecule is CC(C=NNC(=O)c1cc(-c2ccco2)[nH]n1)=Cc1ccccc1. The van der Waals surface area contributed by atoms with Crippen LogP contribution in [0.25, 0.3) is 17.5 Å². The van der Waals surface area contributed by atoms with Crippen molar-refractivity contribution >= 4 is 18.2 Å². The van der Waals surface area contributed by atoms with Crippen LogP contribution in [0.3, 0.4) is 0 Å². The number of furan rings is 1. The summed E-state index contributed by atoms with van der Waals surface area (Å²) in [5.74, 6) is 0.222. The van der Waals surface area contributed by atoms with Gasteiger partial charge in [-0.15, -0.1) is 0 Å². The molecule has 24 heavy (non-hydrogen) atoms. The summed E-state index contributed by atoms with van der Waals surface area (Å²) >= 11 is 0. The Kier molecular flexibility index (Phi) is 4.67. The number of amides is 1. The molecule has 0 saturated carbocycles. The first-order chi connectivity index (χ1) is 11.7. The molecule has 0 bridgehead atoms. The van der Waals surface area contributed by atoms with Crippen molar-refractivity contribution in [3.05, 3.63) is 71.6 Å². The van der Waals surface area contributed by atoms with Crippen LogP contribution in [-0.2, 0) is 0 Å². The van der Waals surface area contributed by atoms with Gasteiger partial charge in [0.05, 0.1) is 12.5 Å². The van der Waals surface area contributed by atoms with Crippen molar-refractivity contribution in [2.24, 2.45) is 5.10 Å². The van der Waals surface area contributed by atoms with Gasteiger partial charge in [0, 0.05) is 6.07 Å². The first-order valence-electron chi connectivity index (χ1n) is 7.38. The van der Waals surface area contributed by atoms with Crippen LogP contribution in [0, 0.1) is 0 Å². The Labute approximate surface area is 138 Å². The number of H-pyrrole nitrogens is 1. The molecule has 0 spiro atoms. The zero-order valence-electron chi connectivity index (χ0n) is 13.1. The molecule has 120 valence electrons. The molecule has 1 aromatic carbocycles. The van der Waals surface area contributed by atoms with Gasteiger partial charge in [0.15, 0.2) is 11.5 Å². The lowest BCUT2D eigenvalue weighted by molar-refractivity contribution is 0.0950. The number of nitrogens with one attached hydrogen (secondary N) is 2. The van der Waals surface area contributed by atoms with Crippen LogP contribution in [0.1, 0.15) is 23.0 Å². The second-order valence-electron chi connectivity index (χ2n) is 5.14. The molecule has 6 nitrogen and oxygen atoms in total. The average molecular weight is 320 g/mol. The number of allylic oxidation sites excluding steroid dienone is 1. The number of aromatic amines is 1. The Morgan fingerprint density at radius 1 is 1.25 bits per heavy atom. The Morgan fingerprint density at radius 2 is 2.08 bits per heavy atom. The minimum absolute atomic E-state index is 0.239. The molecule has 0 saturated heterocycles. The lowest BCUT2D eigenvalue weighted by Crippen LogP contribution is -2.17. The molecule has 6 heteroatoms. The first kappa shape index (κ1) is 15.5. The van der Waals surface area contributed by atoms with Crippen LogP contribution in [0.2, 0.25) is 0 Å². The normalized spacial score (nSPS) is 11.8. The summed E-state index contributed by atoms with van der Waals surface area (Å²) in [6.07, 6.45) is 5.12.